The molecule has 1 aliphatic heterocycles. The largest absolute Gasteiger partial charge is 0.481 e. The number of hydrogen-bond acceptors (Lipinski definition) is 3. The van der Waals surface area contributed by atoms with E-state index in [-0.39, 0.29) is 17.9 Å². The van der Waals surface area contributed by atoms with Gasteiger partial charge in [0, 0.05) is 12.1 Å². The summed E-state index contributed by atoms with van der Waals surface area (Å²) in [5, 5.41) is 17.1. The first-order valence-corrected chi connectivity index (χ1v) is 8.57. The van der Waals surface area contributed by atoms with Gasteiger partial charge in [0.2, 0.25) is 0 Å². The topological polar surface area (TPSA) is 84.2 Å². The zero-order chi connectivity index (χ0) is 16.4. The number of rotatable bonds is 3. The van der Waals surface area contributed by atoms with Crippen molar-refractivity contribution in [3.8, 4) is 0 Å². The summed E-state index contributed by atoms with van der Waals surface area (Å²) in [6.45, 7) is 4.00. The molecular formula is C17H23N3O3. The highest BCUT2D eigenvalue weighted by molar-refractivity contribution is 5.97. The summed E-state index contributed by atoms with van der Waals surface area (Å²) < 4.78 is 1.98. The second-order valence-electron chi connectivity index (χ2n) is 7.44. The summed E-state index contributed by atoms with van der Waals surface area (Å²) in [5.74, 6) is -0.656. The lowest BCUT2D eigenvalue weighted by Crippen LogP contribution is -2.43. The fourth-order valence-electron chi connectivity index (χ4n) is 4.78. The van der Waals surface area contributed by atoms with Gasteiger partial charge in [-0.1, -0.05) is 0 Å². The van der Waals surface area contributed by atoms with Gasteiger partial charge in [-0.2, -0.15) is 5.10 Å². The number of carboxylic acid groups (broad SMARTS) is 1. The van der Waals surface area contributed by atoms with Gasteiger partial charge < -0.3 is 10.4 Å². The molecule has 0 aromatic carbocycles. The third-order valence-electron chi connectivity index (χ3n) is 6.15. The van der Waals surface area contributed by atoms with Gasteiger partial charge in [-0.15, -0.1) is 0 Å². The fraction of sp³-hybridized carbons (Fsp3) is 0.706. The lowest BCUT2D eigenvalue weighted by atomic mass is 9.96. The molecule has 0 radical (unpaired) electrons. The van der Waals surface area contributed by atoms with Gasteiger partial charge in [0.25, 0.3) is 5.91 Å². The summed E-state index contributed by atoms with van der Waals surface area (Å²) in [4.78, 5) is 24.5. The first-order chi connectivity index (χ1) is 10.9. The van der Waals surface area contributed by atoms with Gasteiger partial charge in [-0.25, -0.2) is 0 Å². The van der Waals surface area contributed by atoms with Gasteiger partial charge >= 0.3 is 5.97 Å². The SMILES string of the molecule is Cc1nn2c(c1C(=O)NC1CCC3CC31C(=O)O)CCCC2C. The molecule has 124 valence electrons. The number of carbonyl (C=O) groups is 2. The molecule has 0 spiro atoms. The molecule has 1 amide bonds. The average molecular weight is 317 g/mol. The average Bonchev–Trinajstić information content (AvgIpc) is 2.99. The monoisotopic (exact) mass is 317 g/mol. The Morgan fingerprint density at radius 2 is 2.13 bits per heavy atom. The van der Waals surface area contributed by atoms with Crippen LogP contribution in [0.1, 0.15) is 66.8 Å². The number of aryl methyl sites for hydroxylation is 1. The molecule has 4 unspecified atom stereocenters. The van der Waals surface area contributed by atoms with Crippen LogP contribution in [-0.4, -0.2) is 32.8 Å². The summed E-state index contributed by atoms with van der Waals surface area (Å²) in [7, 11) is 0. The predicted octanol–water partition coefficient (Wildman–Crippen LogP) is 2.07. The van der Waals surface area contributed by atoms with Crippen LogP contribution in [0.15, 0.2) is 0 Å². The number of aromatic nitrogens is 2. The van der Waals surface area contributed by atoms with Crippen molar-refractivity contribution in [3.05, 3.63) is 17.0 Å². The molecule has 1 aromatic heterocycles. The van der Waals surface area contributed by atoms with E-state index in [1.165, 1.54) is 0 Å². The minimum absolute atomic E-state index is 0.143. The third kappa shape index (κ3) is 1.96. The summed E-state index contributed by atoms with van der Waals surface area (Å²) in [6.07, 6.45) is 5.39. The highest BCUT2D eigenvalue weighted by Crippen LogP contribution is 2.63. The maximum atomic E-state index is 12.8. The van der Waals surface area contributed by atoms with E-state index in [4.69, 9.17) is 0 Å². The molecule has 2 fully saturated rings. The van der Waals surface area contributed by atoms with Crippen LogP contribution in [0.25, 0.3) is 0 Å². The lowest BCUT2D eigenvalue weighted by Gasteiger charge is -2.23. The van der Waals surface area contributed by atoms with E-state index in [2.05, 4.69) is 17.3 Å². The Labute approximate surface area is 135 Å². The Hall–Kier alpha value is -1.85. The van der Waals surface area contributed by atoms with Crippen molar-refractivity contribution in [2.75, 3.05) is 0 Å². The van der Waals surface area contributed by atoms with Crippen LogP contribution in [0.4, 0.5) is 0 Å². The van der Waals surface area contributed by atoms with Gasteiger partial charge in [-0.05, 0) is 58.3 Å². The van der Waals surface area contributed by atoms with Crippen molar-refractivity contribution in [3.63, 3.8) is 0 Å². The smallest absolute Gasteiger partial charge is 0.312 e. The zero-order valence-corrected chi connectivity index (χ0v) is 13.6. The Morgan fingerprint density at radius 1 is 1.35 bits per heavy atom. The molecular weight excluding hydrogens is 294 g/mol. The number of carboxylic acids is 1. The number of amides is 1. The van der Waals surface area contributed by atoms with Crippen LogP contribution < -0.4 is 5.32 Å². The van der Waals surface area contributed by atoms with Crippen molar-refractivity contribution >= 4 is 11.9 Å². The van der Waals surface area contributed by atoms with Crippen molar-refractivity contribution < 1.29 is 14.7 Å². The zero-order valence-electron chi connectivity index (χ0n) is 13.6. The fourth-order valence-corrected chi connectivity index (χ4v) is 4.78. The van der Waals surface area contributed by atoms with Gasteiger partial charge in [0.05, 0.1) is 22.4 Å². The molecule has 6 nitrogen and oxygen atoms in total. The van der Waals surface area contributed by atoms with Crippen LogP contribution in [-0.2, 0) is 11.2 Å². The Morgan fingerprint density at radius 3 is 2.83 bits per heavy atom. The predicted molar refractivity (Wildman–Crippen MR) is 83.3 cm³/mol. The summed E-state index contributed by atoms with van der Waals surface area (Å²) in [6, 6.07) is 0.0807. The maximum absolute atomic E-state index is 12.8. The number of nitrogens with zero attached hydrogens (tertiary/aromatic N) is 2. The van der Waals surface area contributed by atoms with Crippen LogP contribution in [0.5, 0.6) is 0 Å². The molecule has 4 rings (SSSR count). The molecule has 23 heavy (non-hydrogen) atoms. The maximum Gasteiger partial charge on any atom is 0.312 e. The van der Waals surface area contributed by atoms with Crippen molar-refractivity contribution in [1.29, 1.82) is 0 Å². The van der Waals surface area contributed by atoms with E-state index < -0.39 is 11.4 Å². The molecule has 2 N–H and O–H groups in total. The highest BCUT2D eigenvalue weighted by Gasteiger charge is 2.68. The van der Waals surface area contributed by atoms with Crippen LogP contribution in [0.3, 0.4) is 0 Å². The van der Waals surface area contributed by atoms with Crippen molar-refractivity contribution in [1.82, 2.24) is 15.1 Å². The van der Waals surface area contributed by atoms with Crippen LogP contribution in [0, 0.1) is 18.3 Å². The van der Waals surface area contributed by atoms with Crippen LogP contribution in [0.2, 0.25) is 0 Å². The first-order valence-electron chi connectivity index (χ1n) is 8.57. The number of aliphatic carboxylic acids is 1. The minimum Gasteiger partial charge on any atom is -0.481 e. The van der Waals surface area contributed by atoms with Crippen LogP contribution >= 0.6 is 0 Å². The van der Waals surface area contributed by atoms with Crippen molar-refractivity contribution in [2.24, 2.45) is 11.3 Å². The Bertz CT molecular complexity index is 696. The van der Waals surface area contributed by atoms with E-state index in [9.17, 15) is 14.7 Å². The quantitative estimate of drug-likeness (QED) is 0.894. The molecule has 3 aliphatic rings. The van der Waals surface area contributed by atoms with Gasteiger partial charge in [-0.3, -0.25) is 14.3 Å². The summed E-state index contributed by atoms with van der Waals surface area (Å²) >= 11 is 0. The van der Waals surface area contributed by atoms with E-state index in [1.807, 2.05) is 11.6 Å². The molecule has 0 bridgehead atoms. The minimum atomic E-state index is -0.757. The number of nitrogens with one attached hydrogen (secondary N) is 1. The highest BCUT2D eigenvalue weighted by atomic mass is 16.4. The normalized spacial score (nSPS) is 34.6. The molecule has 6 heteroatoms. The van der Waals surface area contributed by atoms with E-state index in [0.29, 0.717) is 18.0 Å². The van der Waals surface area contributed by atoms with E-state index in [1.54, 1.807) is 0 Å². The first kappa shape index (κ1) is 14.7. The lowest BCUT2D eigenvalue weighted by molar-refractivity contribution is -0.144. The number of carbonyl (C=O) groups excluding carboxylic acids is 1. The molecule has 2 saturated carbocycles. The van der Waals surface area contributed by atoms with Gasteiger partial charge in [0.15, 0.2) is 0 Å². The number of fused-ring (bicyclic) bond motifs is 2. The standard InChI is InChI=1S/C17H23N3O3/c1-9-4-3-5-12-14(10(2)19-20(9)12)15(21)18-13-7-6-11-8-17(11,13)16(22)23/h9,11,13H,3-8H2,1-2H3,(H,18,21)(H,22,23). The summed E-state index contributed by atoms with van der Waals surface area (Å²) in [5.41, 5.74) is 1.72. The van der Waals surface area contributed by atoms with Crippen molar-refractivity contribution in [2.45, 2.75) is 64.5 Å². The molecule has 0 saturated heterocycles. The molecule has 4 atom stereocenters. The third-order valence-corrected chi connectivity index (χ3v) is 6.15. The molecule has 1 aromatic rings. The van der Waals surface area contributed by atoms with E-state index in [0.717, 1.165) is 43.5 Å². The second-order valence-corrected chi connectivity index (χ2v) is 7.44. The van der Waals surface area contributed by atoms with E-state index >= 15 is 0 Å². The Balaban J connectivity index is 1.60. The Kier molecular flexibility index (Phi) is 3.09. The number of hydrogen-bond donors (Lipinski definition) is 2. The second kappa shape index (κ2) is 4.82. The molecule has 2 aliphatic carbocycles. The van der Waals surface area contributed by atoms with Gasteiger partial charge in [0.1, 0.15) is 0 Å². The molecule has 2 heterocycles.